The average Bonchev–Trinajstić information content (AvgIpc) is 2.98. The first-order chi connectivity index (χ1) is 9.65. The summed E-state index contributed by atoms with van der Waals surface area (Å²) in [5.74, 6) is -1.61. The van der Waals surface area contributed by atoms with E-state index in [1.807, 2.05) is 44.2 Å². The third-order valence-electron chi connectivity index (χ3n) is 4.19. The van der Waals surface area contributed by atoms with Gasteiger partial charge in [-0.2, -0.15) is 0 Å². The molecule has 1 aromatic carbocycles. The minimum absolute atomic E-state index is 0.204. The van der Waals surface area contributed by atoms with E-state index in [0.717, 1.165) is 5.56 Å². The Hall–Kier alpha value is -1.68. The zero-order valence-electron chi connectivity index (χ0n) is 12.9. The first kappa shape index (κ1) is 15.7. The first-order valence-corrected chi connectivity index (χ1v) is 7.13. The van der Waals surface area contributed by atoms with Crippen LogP contribution in [-0.4, -0.2) is 22.5 Å². The molecule has 1 N–H and O–H groups in total. The van der Waals surface area contributed by atoms with Crippen LogP contribution in [0.1, 0.15) is 33.3 Å². The number of carbonyl (C=O) groups is 2. The van der Waals surface area contributed by atoms with Gasteiger partial charge in [-0.3, -0.25) is 9.59 Å². The fourth-order valence-electron chi connectivity index (χ4n) is 2.77. The summed E-state index contributed by atoms with van der Waals surface area (Å²) in [5.41, 5.74) is -0.962. The number of hydrogen-bond donors (Lipinski definition) is 1. The third-order valence-corrected chi connectivity index (χ3v) is 4.19. The fourth-order valence-corrected chi connectivity index (χ4v) is 2.77. The van der Waals surface area contributed by atoms with E-state index < -0.39 is 22.9 Å². The number of esters is 1. The minimum Gasteiger partial charge on any atom is -0.461 e. The smallest absolute Gasteiger partial charge is 0.310 e. The van der Waals surface area contributed by atoms with E-state index >= 15 is 0 Å². The van der Waals surface area contributed by atoms with Crippen molar-refractivity contribution < 1.29 is 19.4 Å². The van der Waals surface area contributed by atoms with Gasteiger partial charge < -0.3 is 9.84 Å². The zero-order valence-corrected chi connectivity index (χ0v) is 12.9. The molecule has 0 aliphatic heterocycles. The highest BCUT2D eigenvalue weighted by Gasteiger charge is 2.67. The van der Waals surface area contributed by atoms with Crippen molar-refractivity contribution in [3.05, 3.63) is 35.9 Å². The van der Waals surface area contributed by atoms with Gasteiger partial charge in [0.2, 0.25) is 0 Å². The number of ether oxygens (including phenoxy) is 1. The summed E-state index contributed by atoms with van der Waals surface area (Å²) in [6, 6.07) is 9.42. The Labute approximate surface area is 125 Å². The van der Waals surface area contributed by atoms with E-state index in [0.29, 0.717) is 0 Å². The lowest BCUT2D eigenvalue weighted by molar-refractivity contribution is -0.149. The van der Waals surface area contributed by atoms with E-state index in [9.17, 15) is 14.7 Å². The number of rotatable bonds is 5. The maximum Gasteiger partial charge on any atom is 0.310 e. The maximum absolute atomic E-state index is 12.2. The van der Waals surface area contributed by atoms with Gasteiger partial charge in [0, 0.05) is 5.92 Å². The van der Waals surface area contributed by atoms with Crippen LogP contribution in [0, 0.1) is 17.3 Å². The van der Waals surface area contributed by atoms with Crippen LogP contribution in [0.3, 0.4) is 0 Å². The quantitative estimate of drug-likeness (QED) is 0.845. The molecule has 1 aliphatic rings. The average molecular weight is 290 g/mol. The molecule has 0 bridgehead atoms. The van der Waals surface area contributed by atoms with Crippen LogP contribution in [0.5, 0.6) is 0 Å². The molecule has 0 aromatic heterocycles. The third kappa shape index (κ3) is 3.16. The van der Waals surface area contributed by atoms with Crippen LogP contribution in [0.4, 0.5) is 0 Å². The second-order valence-electron chi connectivity index (χ2n) is 6.79. The van der Waals surface area contributed by atoms with Crippen molar-refractivity contribution >= 4 is 11.8 Å². The van der Waals surface area contributed by atoms with Crippen LogP contribution in [0.2, 0.25) is 0 Å². The van der Waals surface area contributed by atoms with Crippen molar-refractivity contribution in [2.75, 3.05) is 0 Å². The van der Waals surface area contributed by atoms with Crippen LogP contribution < -0.4 is 0 Å². The highest BCUT2D eigenvalue weighted by atomic mass is 16.5. The van der Waals surface area contributed by atoms with Gasteiger partial charge in [-0.15, -0.1) is 0 Å². The molecule has 1 fully saturated rings. The van der Waals surface area contributed by atoms with E-state index in [1.165, 1.54) is 13.8 Å². The number of Topliss-reactive ketones (excluding diaryl/α,β-unsaturated/α-hetero) is 1. The van der Waals surface area contributed by atoms with Gasteiger partial charge in [-0.05, 0) is 24.8 Å². The summed E-state index contributed by atoms with van der Waals surface area (Å²) in [5, 5.41) is 9.83. The SMILES string of the molecule is CC(C)(O)C(=O)C1C(C(=O)OCc2ccccc2)C1(C)C. The lowest BCUT2D eigenvalue weighted by atomic mass is 9.95. The zero-order chi connectivity index (χ0) is 15.8. The van der Waals surface area contributed by atoms with Crippen molar-refractivity contribution in [3.63, 3.8) is 0 Å². The predicted octanol–water partition coefficient (Wildman–Crippen LogP) is 2.34. The van der Waals surface area contributed by atoms with E-state index in [1.54, 1.807) is 0 Å². The number of hydrogen-bond acceptors (Lipinski definition) is 4. The molecular weight excluding hydrogens is 268 g/mol. The molecule has 1 aromatic rings. The molecule has 1 aliphatic carbocycles. The molecule has 0 amide bonds. The van der Waals surface area contributed by atoms with Gasteiger partial charge in [-0.25, -0.2) is 0 Å². The topological polar surface area (TPSA) is 63.6 Å². The lowest BCUT2D eigenvalue weighted by Gasteiger charge is -2.16. The Morgan fingerprint density at radius 3 is 2.29 bits per heavy atom. The Morgan fingerprint density at radius 1 is 1.19 bits per heavy atom. The van der Waals surface area contributed by atoms with E-state index in [2.05, 4.69) is 0 Å². The summed E-state index contributed by atoms with van der Waals surface area (Å²) in [7, 11) is 0. The molecule has 2 rings (SSSR count). The lowest BCUT2D eigenvalue weighted by Crippen LogP contribution is -2.34. The minimum atomic E-state index is -1.42. The van der Waals surface area contributed by atoms with Gasteiger partial charge in [-0.1, -0.05) is 44.2 Å². The molecule has 4 heteroatoms. The second kappa shape index (κ2) is 5.26. The molecule has 1 saturated carbocycles. The number of ketones is 1. The van der Waals surface area contributed by atoms with Gasteiger partial charge in [0.1, 0.15) is 12.2 Å². The van der Waals surface area contributed by atoms with Crippen LogP contribution >= 0.6 is 0 Å². The Balaban J connectivity index is 1.99. The Morgan fingerprint density at radius 2 is 1.76 bits per heavy atom. The van der Waals surface area contributed by atoms with Crippen molar-refractivity contribution in [3.8, 4) is 0 Å². The molecule has 0 spiro atoms. The van der Waals surface area contributed by atoms with Crippen LogP contribution in [-0.2, 0) is 20.9 Å². The molecule has 0 saturated heterocycles. The van der Waals surface area contributed by atoms with Gasteiger partial charge in [0.25, 0.3) is 0 Å². The normalized spacial score (nSPS) is 23.5. The predicted molar refractivity (Wildman–Crippen MR) is 78.3 cm³/mol. The number of aliphatic hydroxyl groups is 1. The first-order valence-electron chi connectivity index (χ1n) is 7.13. The number of benzene rings is 1. The molecular formula is C17H22O4. The highest BCUT2D eigenvalue weighted by Crippen LogP contribution is 2.60. The van der Waals surface area contributed by atoms with E-state index in [4.69, 9.17) is 4.74 Å². The van der Waals surface area contributed by atoms with Gasteiger partial charge in [0.05, 0.1) is 5.92 Å². The second-order valence-corrected chi connectivity index (χ2v) is 6.79. The summed E-state index contributed by atoms with van der Waals surface area (Å²) in [6.45, 7) is 6.83. The Bertz CT molecular complexity index is 540. The molecule has 21 heavy (non-hydrogen) atoms. The summed E-state index contributed by atoms with van der Waals surface area (Å²) in [6.07, 6.45) is 0. The Kier molecular flexibility index (Phi) is 3.93. The van der Waals surface area contributed by atoms with Crippen LogP contribution in [0.25, 0.3) is 0 Å². The molecule has 4 nitrogen and oxygen atoms in total. The van der Waals surface area contributed by atoms with Gasteiger partial charge in [0.15, 0.2) is 5.78 Å². The molecule has 2 atom stereocenters. The standard InChI is InChI=1S/C17H22O4/c1-16(2)12(14(18)17(3,4)20)13(16)15(19)21-10-11-8-6-5-7-9-11/h5-9,12-13,20H,10H2,1-4H3. The molecule has 2 unspecified atom stereocenters. The van der Waals surface area contributed by atoms with E-state index in [-0.39, 0.29) is 18.4 Å². The highest BCUT2D eigenvalue weighted by molar-refractivity contribution is 5.97. The van der Waals surface area contributed by atoms with Crippen molar-refractivity contribution in [2.45, 2.75) is 39.9 Å². The molecule has 114 valence electrons. The van der Waals surface area contributed by atoms with Crippen molar-refractivity contribution in [2.24, 2.45) is 17.3 Å². The maximum atomic E-state index is 12.2. The van der Waals surface area contributed by atoms with Crippen LogP contribution in [0.15, 0.2) is 30.3 Å². The monoisotopic (exact) mass is 290 g/mol. The van der Waals surface area contributed by atoms with Gasteiger partial charge >= 0.3 is 5.97 Å². The summed E-state index contributed by atoms with van der Waals surface area (Å²) < 4.78 is 5.31. The molecule has 0 radical (unpaired) electrons. The summed E-state index contributed by atoms with van der Waals surface area (Å²) in [4.78, 5) is 24.4. The fraction of sp³-hybridized carbons (Fsp3) is 0.529. The largest absolute Gasteiger partial charge is 0.461 e. The molecule has 0 heterocycles. The summed E-state index contributed by atoms with van der Waals surface area (Å²) >= 11 is 0. The van der Waals surface area contributed by atoms with Crippen molar-refractivity contribution in [1.82, 2.24) is 0 Å². The van der Waals surface area contributed by atoms with Crippen molar-refractivity contribution in [1.29, 1.82) is 0 Å². The number of carbonyl (C=O) groups excluding carboxylic acids is 2.